The van der Waals surface area contributed by atoms with Gasteiger partial charge in [0, 0.05) is 13.0 Å². The molecule has 1 aliphatic rings. The van der Waals surface area contributed by atoms with E-state index in [1.807, 2.05) is 6.92 Å². The molecule has 2 unspecified atom stereocenters. The fraction of sp³-hybridized carbons (Fsp3) is 1.00. The van der Waals surface area contributed by atoms with E-state index in [9.17, 15) is 5.11 Å². The molecule has 0 aromatic heterocycles. The molecule has 0 aliphatic carbocycles. The lowest BCUT2D eigenvalue weighted by molar-refractivity contribution is -0.101. The van der Waals surface area contributed by atoms with E-state index >= 15 is 0 Å². The molecule has 0 saturated carbocycles. The van der Waals surface area contributed by atoms with Gasteiger partial charge in [-0.1, -0.05) is 13.3 Å². The third-order valence-corrected chi connectivity index (χ3v) is 2.35. The summed E-state index contributed by atoms with van der Waals surface area (Å²) in [7, 11) is 0. The van der Waals surface area contributed by atoms with E-state index in [1.165, 1.54) is 0 Å². The van der Waals surface area contributed by atoms with Crippen molar-refractivity contribution in [1.29, 1.82) is 0 Å². The third-order valence-electron chi connectivity index (χ3n) is 2.35. The van der Waals surface area contributed by atoms with Crippen molar-refractivity contribution >= 4 is 0 Å². The summed E-state index contributed by atoms with van der Waals surface area (Å²) in [6.07, 6.45) is 3.83. The van der Waals surface area contributed by atoms with Crippen LogP contribution in [0, 0.1) is 0 Å². The Hall–Kier alpha value is -0.0800. The minimum Gasteiger partial charge on any atom is -0.390 e. The van der Waals surface area contributed by atoms with E-state index in [4.69, 9.17) is 4.74 Å². The second-order valence-corrected chi connectivity index (χ2v) is 3.61. The summed E-state index contributed by atoms with van der Waals surface area (Å²) in [5.41, 5.74) is -0.424. The van der Waals surface area contributed by atoms with Crippen molar-refractivity contribution in [3.63, 3.8) is 0 Å². The molecule has 0 aromatic carbocycles. The molecule has 0 bridgehead atoms. The van der Waals surface area contributed by atoms with Gasteiger partial charge in [-0.2, -0.15) is 0 Å². The van der Waals surface area contributed by atoms with Gasteiger partial charge in [-0.3, -0.25) is 0 Å². The van der Waals surface area contributed by atoms with Crippen LogP contribution < -0.4 is 0 Å². The molecule has 11 heavy (non-hydrogen) atoms. The van der Waals surface area contributed by atoms with Gasteiger partial charge in [0.2, 0.25) is 0 Å². The van der Waals surface area contributed by atoms with Crippen LogP contribution in [0.25, 0.3) is 0 Å². The highest BCUT2D eigenvalue weighted by Crippen LogP contribution is 2.28. The van der Waals surface area contributed by atoms with Crippen LogP contribution in [0.1, 0.15) is 39.5 Å². The molecular weight excluding hydrogens is 140 g/mol. The van der Waals surface area contributed by atoms with Gasteiger partial charge in [-0.15, -0.1) is 0 Å². The molecule has 2 heteroatoms. The van der Waals surface area contributed by atoms with Crippen LogP contribution >= 0.6 is 0 Å². The van der Waals surface area contributed by atoms with Crippen molar-refractivity contribution in [1.82, 2.24) is 0 Å². The fourth-order valence-electron chi connectivity index (χ4n) is 1.84. The zero-order chi connectivity index (χ0) is 8.32. The van der Waals surface area contributed by atoms with Crippen molar-refractivity contribution in [2.24, 2.45) is 0 Å². The minimum atomic E-state index is -0.424. The van der Waals surface area contributed by atoms with Crippen LogP contribution in [0.4, 0.5) is 0 Å². The predicted octanol–water partition coefficient (Wildman–Crippen LogP) is 1.72. The number of rotatable bonds is 2. The van der Waals surface area contributed by atoms with E-state index in [0.29, 0.717) is 0 Å². The van der Waals surface area contributed by atoms with Crippen molar-refractivity contribution < 1.29 is 9.84 Å². The standard InChI is InChI=1S/C9H18O2/c1-3-4-9(10)5-6-11-8(2)7-9/h8,10H,3-7H2,1-2H3. The van der Waals surface area contributed by atoms with E-state index in [0.717, 1.165) is 32.3 Å². The monoisotopic (exact) mass is 158 g/mol. The predicted molar refractivity (Wildman–Crippen MR) is 44.5 cm³/mol. The lowest BCUT2D eigenvalue weighted by Gasteiger charge is -2.35. The summed E-state index contributed by atoms with van der Waals surface area (Å²) < 4.78 is 5.36. The molecule has 0 amide bonds. The van der Waals surface area contributed by atoms with Crippen molar-refractivity contribution in [3.05, 3.63) is 0 Å². The Bertz CT molecular complexity index is 121. The zero-order valence-corrected chi connectivity index (χ0v) is 7.47. The van der Waals surface area contributed by atoms with Gasteiger partial charge in [0.1, 0.15) is 0 Å². The SMILES string of the molecule is CCCC1(O)CCOC(C)C1. The van der Waals surface area contributed by atoms with Crippen LogP contribution in [-0.2, 0) is 4.74 Å². The van der Waals surface area contributed by atoms with Crippen LogP contribution in [0.15, 0.2) is 0 Å². The topological polar surface area (TPSA) is 29.5 Å². The Morgan fingerprint density at radius 3 is 2.91 bits per heavy atom. The van der Waals surface area contributed by atoms with Crippen LogP contribution in [0.2, 0.25) is 0 Å². The average molecular weight is 158 g/mol. The molecule has 1 fully saturated rings. The summed E-state index contributed by atoms with van der Waals surface area (Å²) in [6, 6.07) is 0. The normalized spacial score (nSPS) is 39.0. The van der Waals surface area contributed by atoms with Crippen molar-refractivity contribution in [2.75, 3.05) is 6.61 Å². The molecule has 1 aliphatic heterocycles. The Kier molecular flexibility index (Phi) is 2.90. The molecule has 2 atom stereocenters. The smallest absolute Gasteiger partial charge is 0.0694 e. The number of hydrogen-bond donors (Lipinski definition) is 1. The van der Waals surface area contributed by atoms with Gasteiger partial charge < -0.3 is 9.84 Å². The molecule has 0 aromatic rings. The number of ether oxygens (including phenoxy) is 1. The largest absolute Gasteiger partial charge is 0.390 e. The molecule has 0 radical (unpaired) electrons. The summed E-state index contributed by atoms with van der Waals surface area (Å²) >= 11 is 0. The molecule has 1 heterocycles. The quantitative estimate of drug-likeness (QED) is 0.663. The Morgan fingerprint density at radius 1 is 1.64 bits per heavy atom. The van der Waals surface area contributed by atoms with E-state index in [-0.39, 0.29) is 6.10 Å². The lowest BCUT2D eigenvalue weighted by atomic mass is 9.87. The number of hydrogen-bond acceptors (Lipinski definition) is 2. The van der Waals surface area contributed by atoms with Gasteiger partial charge in [0.15, 0.2) is 0 Å². The highest BCUT2D eigenvalue weighted by molar-refractivity contribution is 4.83. The molecule has 1 saturated heterocycles. The van der Waals surface area contributed by atoms with Gasteiger partial charge in [0.25, 0.3) is 0 Å². The van der Waals surface area contributed by atoms with Crippen LogP contribution in [0.5, 0.6) is 0 Å². The highest BCUT2D eigenvalue weighted by atomic mass is 16.5. The molecule has 0 spiro atoms. The van der Waals surface area contributed by atoms with Gasteiger partial charge in [-0.05, 0) is 19.8 Å². The molecule has 66 valence electrons. The molecular formula is C9H18O2. The lowest BCUT2D eigenvalue weighted by Crippen LogP contribution is -2.39. The maximum Gasteiger partial charge on any atom is 0.0694 e. The maximum atomic E-state index is 9.96. The van der Waals surface area contributed by atoms with Crippen molar-refractivity contribution in [2.45, 2.75) is 51.2 Å². The van der Waals surface area contributed by atoms with Crippen LogP contribution in [-0.4, -0.2) is 23.4 Å². The second-order valence-electron chi connectivity index (χ2n) is 3.61. The summed E-state index contributed by atoms with van der Waals surface area (Å²) in [4.78, 5) is 0. The summed E-state index contributed by atoms with van der Waals surface area (Å²) in [6.45, 7) is 4.86. The molecule has 1 N–H and O–H groups in total. The highest BCUT2D eigenvalue weighted by Gasteiger charge is 2.31. The minimum absolute atomic E-state index is 0.236. The maximum absolute atomic E-state index is 9.96. The zero-order valence-electron chi connectivity index (χ0n) is 7.47. The first-order chi connectivity index (χ1) is 5.16. The first kappa shape index (κ1) is 9.01. The molecule has 2 nitrogen and oxygen atoms in total. The average Bonchev–Trinajstić information content (AvgIpc) is 1.86. The van der Waals surface area contributed by atoms with Gasteiger partial charge in [-0.25, -0.2) is 0 Å². The van der Waals surface area contributed by atoms with E-state index in [2.05, 4.69) is 6.92 Å². The van der Waals surface area contributed by atoms with Gasteiger partial charge >= 0.3 is 0 Å². The second kappa shape index (κ2) is 3.55. The van der Waals surface area contributed by atoms with Crippen LogP contribution in [0.3, 0.4) is 0 Å². The summed E-state index contributed by atoms with van der Waals surface area (Å²) in [5.74, 6) is 0. The Morgan fingerprint density at radius 2 is 2.36 bits per heavy atom. The Balaban J connectivity index is 2.41. The van der Waals surface area contributed by atoms with Crippen molar-refractivity contribution in [3.8, 4) is 0 Å². The van der Waals surface area contributed by atoms with Gasteiger partial charge in [0.05, 0.1) is 11.7 Å². The van der Waals surface area contributed by atoms with E-state index in [1.54, 1.807) is 0 Å². The first-order valence-corrected chi connectivity index (χ1v) is 4.50. The molecule has 1 rings (SSSR count). The number of aliphatic hydroxyl groups is 1. The Labute approximate surface area is 68.6 Å². The third kappa shape index (κ3) is 2.46. The summed E-state index contributed by atoms with van der Waals surface area (Å²) in [5, 5.41) is 9.96. The fourth-order valence-corrected chi connectivity index (χ4v) is 1.84. The first-order valence-electron chi connectivity index (χ1n) is 4.50. The van der Waals surface area contributed by atoms with E-state index < -0.39 is 5.60 Å².